The first-order chi connectivity index (χ1) is 7.66. The molecule has 1 saturated carbocycles. The number of fused-ring (bicyclic) bond motifs is 1. The molecule has 4 heteroatoms. The van der Waals surface area contributed by atoms with Crippen LogP contribution in [0.3, 0.4) is 0 Å². The van der Waals surface area contributed by atoms with Crippen LogP contribution in [0.2, 0.25) is 0 Å². The van der Waals surface area contributed by atoms with E-state index in [-0.39, 0.29) is 5.78 Å². The van der Waals surface area contributed by atoms with E-state index in [0.717, 1.165) is 15.5 Å². The first-order valence-corrected chi connectivity index (χ1v) is 6.13. The molecule has 1 aliphatic rings. The van der Waals surface area contributed by atoms with Crippen molar-refractivity contribution < 1.29 is 4.79 Å². The minimum atomic E-state index is 0.0646. The molecule has 3 rings (SSSR count). The van der Waals surface area contributed by atoms with Crippen LogP contribution >= 0.6 is 15.9 Å². The number of aromatic nitrogens is 2. The summed E-state index contributed by atoms with van der Waals surface area (Å²) in [6.07, 6.45) is 4.34. The summed E-state index contributed by atoms with van der Waals surface area (Å²) in [5.41, 5.74) is 2.72. The Bertz CT molecular complexity index is 584. The molecule has 0 radical (unpaired) electrons. The van der Waals surface area contributed by atoms with Crippen LogP contribution in [0, 0.1) is 0 Å². The van der Waals surface area contributed by atoms with Gasteiger partial charge in [-0.3, -0.25) is 4.79 Å². The van der Waals surface area contributed by atoms with Gasteiger partial charge in [0.2, 0.25) is 0 Å². The summed E-state index contributed by atoms with van der Waals surface area (Å²) < 4.78 is 3.05. The normalized spacial score (nSPS) is 15.6. The summed E-state index contributed by atoms with van der Waals surface area (Å²) in [6.45, 7) is 1.57. The van der Waals surface area contributed by atoms with Crippen molar-refractivity contribution in [3.8, 4) is 0 Å². The van der Waals surface area contributed by atoms with Crippen molar-refractivity contribution >= 4 is 32.7 Å². The third-order valence-corrected chi connectivity index (χ3v) is 3.64. The molecule has 0 aliphatic heterocycles. The van der Waals surface area contributed by atoms with Gasteiger partial charge < -0.3 is 4.57 Å². The molecular weight excluding hydrogens is 268 g/mol. The summed E-state index contributed by atoms with van der Waals surface area (Å²) in [7, 11) is 0. The van der Waals surface area contributed by atoms with Gasteiger partial charge in [-0.15, -0.1) is 0 Å². The average Bonchev–Trinajstić information content (AvgIpc) is 2.99. The summed E-state index contributed by atoms with van der Waals surface area (Å²) in [5, 5.41) is 0. The van der Waals surface area contributed by atoms with Gasteiger partial charge in [0.05, 0.1) is 17.4 Å². The van der Waals surface area contributed by atoms with E-state index in [1.54, 1.807) is 6.92 Å². The van der Waals surface area contributed by atoms with E-state index >= 15 is 0 Å². The van der Waals surface area contributed by atoms with Crippen molar-refractivity contribution in [1.82, 2.24) is 9.55 Å². The second-order valence-corrected chi connectivity index (χ2v) is 5.11. The van der Waals surface area contributed by atoms with Crippen LogP contribution in [-0.4, -0.2) is 15.3 Å². The average molecular weight is 279 g/mol. The van der Waals surface area contributed by atoms with E-state index in [1.165, 1.54) is 12.8 Å². The number of hydrogen-bond acceptors (Lipinski definition) is 2. The van der Waals surface area contributed by atoms with Crippen LogP contribution in [0.5, 0.6) is 0 Å². The Kier molecular flexibility index (Phi) is 2.14. The van der Waals surface area contributed by atoms with Crippen molar-refractivity contribution in [1.29, 1.82) is 0 Å². The first-order valence-electron chi connectivity index (χ1n) is 5.34. The van der Waals surface area contributed by atoms with Gasteiger partial charge in [-0.1, -0.05) is 0 Å². The fraction of sp³-hybridized carbons (Fsp3) is 0.333. The smallest absolute Gasteiger partial charge is 0.161 e. The topological polar surface area (TPSA) is 34.9 Å². The van der Waals surface area contributed by atoms with Gasteiger partial charge in [-0.05, 0) is 47.8 Å². The molecule has 1 aromatic carbocycles. The lowest BCUT2D eigenvalue weighted by atomic mass is 10.1. The number of ketones is 1. The Morgan fingerprint density at radius 1 is 1.50 bits per heavy atom. The molecule has 1 aromatic heterocycles. The van der Waals surface area contributed by atoms with Crippen LogP contribution in [0.4, 0.5) is 0 Å². The third-order valence-electron chi connectivity index (χ3n) is 2.98. The fourth-order valence-corrected chi connectivity index (χ4v) is 2.57. The second-order valence-electron chi connectivity index (χ2n) is 4.26. The maximum absolute atomic E-state index is 11.4. The fourth-order valence-electron chi connectivity index (χ4n) is 1.96. The minimum absolute atomic E-state index is 0.0646. The van der Waals surface area contributed by atoms with E-state index < -0.39 is 0 Å². The SMILES string of the molecule is CC(=O)c1cc2ncn(C3CC3)c2cc1Br. The summed E-state index contributed by atoms with van der Waals surface area (Å²) in [4.78, 5) is 15.8. The molecule has 0 amide bonds. The van der Waals surface area contributed by atoms with Crippen LogP contribution in [0.15, 0.2) is 22.9 Å². The van der Waals surface area contributed by atoms with E-state index in [0.29, 0.717) is 11.6 Å². The van der Waals surface area contributed by atoms with Gasteiger partial charge in [0, 0.05) is 16.1 Å². The van der Waals surface area contributed by atoms with Crippen LogP contribution in [-0.2, 0) is 0 Å². The standard InChI is InChI=1S/C12H11BrN2O/c1-7(16)9-4-11-12(5-10(9)13)15(6-14-11)8-2-3-8/h4-6,8H,2-3H2,1H3. The highest BCUT2D eigenvalue weighted by atomic mass is 79.9. The van der Waals surface area contributed by atoms with Crippen molar-refractivity contribution in [3.05, 3.63) is 28.5 Å². The Hall–Kier alpha value is -1.16. The van der Waals surface area contributed by atoms with Crippen molar-refractivity contribution in [2.45, 2.75) is 25.8 Å². The van der Waals surface area contributed by atoms with E-state index in [2.05, 4.69) is 25.5 Å². The van der Waals surface area contributed by atoms with Crippen molar-refractivity contribution in [3.63, 3.8) is 0 Å². The van der Waals surface area contributed by atoms with Gasteiger partial charge in [0.1, 0.15) is 0 Å². The molecule has 1 heterocycles. The molecule has 1 aliphatic carbocycles. The number of hydrogen-bond donors (Lipinski definition) is 0. The van der Waals surface area contributed by atoms with Crippen LogP contribution in [0.1, 0.15) is 36.2 Å². The molecule has 1 fully saturated rings. The van der Waals surface area contributed by atoms with Crippen LogP contribution in [0.25, 0.3) is 11.0 Å². The maximum Gasteiger partial charge on any atom is 0.161 e. The highest BCUT2D eigenvalue weighted by Crippen LogP contribution is 2.38. The molecule has 2 aromatic rings. The number of nitrogens with zero attached hydrogens (tertiary/aromatic N) is 2. The Morgan fingerprint density at radius 3 is 2.88 bits per heavy atom. The van der Waals surface area contributed by atoms with E-state index in [1.807, 2.05) is 18.5 Å². The zero-order valence-corrected chi connectivity index (χ0v) is 10.5. The molecule has 0 saturated heterocycles. The predicted octanol–water partition coefficient (Wildman–Crippen LogP) is 3.34. The summed E-state index contributed by atoms with van der Waals surface area (Å²) >= 11 is 3.44. The Labute approximate surface area is 102 Å². The molecule has 0 N–H and O–H groups in total. The Balaban J connectivity index is 2.23. The quantitative estimate of drug-likeness (QED) is 0.790. The maximum atomic E-state index is 11.4. The highest BCUT2D eigenvalue weighted by Gasteiger charge is 2.25. The van der Waals surface area contributed by atoms with Gasteiger partial charge >= 0.3 is 0 Å². The van der Waals surface area contributed by atoms with Crippen LogP contribution < -0.4 is 0 Å². The summed E-state index contributed by atoms with van der Waals surface area (Å²) in [6, 6.07) is 4.47. The molecule has 82 valence electrons. The molecule has 0 spiro atoms. The Morgan fingerprint density at radius 2 is 2.25 bits per heavy atom. The number of Topliss-reactive ketones (excluding diaryl/α,β-unsaturated/α-hetero) is 1. The van der Waals surface area contributed by atoms with Gasteiger partial charge in [0.25, 0.3) is 0 Å². The lowest BCUT2D eigenvalue weighted by Gasteiger charge is -2.03. The predicted molar refractivity (Wildman–Crippen MR) is 65.7 cm³/mol. The van der Waals surface area contributed by atoms with Gasteiger partial charge in [0.15, 0.2) is 5.78 Å². The van der Waals surface area contributed by atoms with E-state index in [4.69, 9.17) is 0 Å². The first kappa shape index (κ1) is 10.0. The van der Waals surface area contributed by atoms with Crippen molar-refractivity contribution in [2.75, 3.05) is 0 Å². The molecule has 16 heavy (non-hydrogen) atoms. The molecular formula is C12H11BrN2O. The number of carbonyl (C=O) groups excluding carboxylic acids is 1. The zero-order valence-electron chi connectivity index (χ0n) is 8.90. The molecule has 3 nitrogen and oxygen atoms in total. The third kappa shape index (κ3) is 1.48. The monoisotopic (exact) mass is 278 g/mol. The van der Waals surface area contributed by atoms with Gasteiger partial charge in [-0.25, -0.2) is 4.98 Å². The second kappa shape index (κ2) is 3.42. The lowest BCUT2D eigenvalue weighted by molar-refractivity contribution is 0.101. The number of halogens is 1. The lowest BCUT2D eigenvalue weighted by Crippen LogP contribution is -1.95. The largest absolute Gasteiger partial charge is 0.327 e. The highest BCUT2D eigenvalue weighted by molar-refractivity contribution is 9.10. The molecule has 0 atom stereocenters. The molecule has 0 unspecified atom stereocenters. The number of carbonyl (C=O) groups is 1. The number of imidazole rings is 1. The number of benzene rings is 1. The summed E-state index contributed by atoms with van der Waals surface area (Å²) in [5.74, 6) is 0.0646. The zero-order chi connectivity index (χ0) is 11.3. The van der Waals surface area contributed by atoms with Crippen molar-refractivity contribution in [2.24, 2.45) is 0 Å². The minimum Gasteiger partial charge on any atom is -0.327 e. The van der Waals surface area contributed by atoms with Gasteiger partial charge in [-0.2, -0.15) is 0 Å². The number of rotatable bonds is 2. The van der Waals surface area contributed by atoms with E-state index in [9.17, 15) is 4.79 Å². The molecule has 0 bridgehead atoms.